The average molecular weight is 265 g/mol. The number of esters is 2. The van der Waals surface area contributed by atoms with Gasteiger partial charge in [-0.15, -0.1) is 0 Å². The van der Waals surface area contributed by atoms with Crippen molar-refractivity contribution in [3.8, 4) is 0 Å². The molecular formula is C14H19NO4. The zero-order valence-corrected chi connectivity index (χ0v) is 11.4. The third-order valence-corrected chi connectivity index (χ3v) is 2.68. The molecule has 104 valence electrons. The average Bonchev–Trinajstić information content (AvgIpc) is 2.37. The van der Waals surface area contributed by atoms with Crippen LogP contribution >= 0.6 is 0 Å². The molecule has 0 aliphatic heterocycles. The van der Waals surface area contributed by atoms with Gasteiger partial charge in [0.15, 0.2) is 6.10 Å². The Hall–Kier alpha value is -2.04. The lowest BCUT2D eigenvalue weighted by Crippen LogP contribution is -2.28. The zero-order valence-electron chi connectivity index (χ0n) is 11.4. The number of anilines is 1. The molecule has 19 heavy (non-hydrogen) atoms. The molecule has 0 saturated heterocycles. The summed E-state index contributed by atoms with van der Waals surface area (Å²) in [6.45, 7) is 5.14. The van der Waals surface area contributed by atoms with Crippen molar-refractivity contribution in [3.05, 3.63) is 29.8 Å². The van der Waals surface area contributed by atoms with Gasteiger partial charge < -0.3 is 15.2 Å². The first-order chi connectivity index (χ1) is 8.95. The fourth-order valence-corrected chi connectivity index (χ4v) is 1.55. The lowest BCUT2D eigenvalue weighted by Gasteiger charge is -2.16. The standard InChI is InChI=1S/C14H19NO4/c1-4-18-14(17)10(3)19-13(16)9(2)11-6-5-7-12(15)8-11/h5-10H,4,15H2,1-3H3. The van der Waals surface area contributed by atoms with Crippen LogP contribution in [0.4, 0.5) is 5.69 Å². The van der Waals surface area contributed by atoms with Crippen molar-refractivity contribution in [1.82, 2.24) is 0 Å². The van der Waals surface area contributed by atoms with Crippen LogP contribution < -0.4 is 5.73 Å². The molecule has 0 aliphatic carbocycles. The van der Waals surface area contributed by atoms with Crippen LogP contribution in [0.2, 0.25) is 0 Å². The van der Waals surface area contributed by atoms with Crippen molar-refractivity contribution >= 4 is 17.6 Å². The molecule has 0 radical (unpaired) electrons. The maximum absolute atomic E-state index is 11.9. The summed E-state index contributed by atoms with van der Waals surface area (Å²) in [5.74, 6) is -1.51. The van der Waals surface area contributed by atoms with Gasteiger partial charge in [-0.3, -0.25) is 4.79 Å². The summed E-state index contributed by atoms with van der Waals surface area (Å²) in [5.41, 5.74) is 6.99. The molecule has 5 nitrogen and oxygen atoms in total. The highest BCUT2D eigenvalue weighted by Crippen LogP contribution is 2.19. The summed E-state index contributed by atoms with van der Waals surface area (Å²) < 4.78 is 9.84. The van der Waals surface area contributed by atoms with Crippen LogP contribution in [0.15, 0.2) is 24.3 Å². The number of ether oxygens (including phenoxy) is 2. The van der Waals surface area contributed by atoms with Crippen LogP contribution in [0.5, 0.6) is 0 Å². The van der Waals surface area contributed by atoms with Crippen LogP contribution in [-0.2, 0) is 19.1 Å². The molecule has 0 spiro atoms. The number of hydrogen-bond donors (Lipinski definition) is 1. The second kappa shape index (κ2) is 6.78. The van der Waals surface area contributed by atoms with Gasteiger partial charge >= 0.3 is 11.9 Å². The van der Waals surface area contributed by atoms with Gasteiger partial charge in [0, 0.05) is 5.69 Å². The summed E-state index contributed by atoms with van der Waals surface area (Å²) in [4.78, 5) is 23.3. The van der Waals surface area contributed by atoms with Crippen LogP contribution in [0.25, 0.3) is 0 Å². The van der Waals surface area contributed by atoms with Gasteiger partial charge in [0.05, 0.1) is 12.5 Å². The van der Waals surface area contributed by atoms with Crippen molar-refractivity contribution in [2.75, 3.05) is 12.3 Å². The summed E-state index contributed by atoms with van der Waals surface area (Å²) >= 11 is 0. The first-order valence-corrected chi connectivity index (χ1v) is 6.18. The lowest BCUT2D eigenvalue weighted by atomic mass is 10.0. The molecule has 0 aromatic heterocycles. The zero-order chi connectivity index (χ0) is 14.4. The Labute approximate surface area is 112 Å². The molecule has 0 amide bonds. The topological polar surface area (TPSA) is 78.6 Å². The Balaban J connectivity index is 2.65. The molecule has 2 atom stereocenters. The summed E-state index contributed by atoms with van der Waals surface area (Å²) in [5, 5.41) is 0. The largest absolute Gasteiger partial charge is 0.463 e. The van der Waals surface area contributed by atoms with Crippen molar-refractivity contribution in [2.45, 2.75) is 32.8 Å². The van der Waals surface area contributed by atoms with E-state index in [0.29, 0.717) is 5.69 Å². The quantitative estimate of drug-likeness (QED) is 0.649. The van der Waals surface area contributed by atoms with Gasteiger partial charge in [-0.1, -0.05) is 12.1 Å². The maximum Gasteiger partial charge on any atom is 0.347 e. The fraction of sp³-hybridized carbons (Fsp3) is 0.429. The van der Waals surface area contributed by atoms with E-state index in [4.69, 9.17) is 15.2 Å². The van der Waals surface area contributed by atoms with Gasteiger partial charge in [0.2, 0.25) is 0 Å². The molecular weight excluding hydrogens is 246 g/mol. The lowest BCUT2D eigenvalue weighted by molar-refractivity contribution is -0.167. The first kappa shape index (κ1) is 15.0. The summed E-state index contributed by atoms with van der Waals surface area (Å²) in [7, 11) is 0. The minimum atomic E-state index is -0.907. The Morgan fingerprint density at radius 3 is 2.53 bits per heavy atom. The highest BCUT2D eigenvalue weighted by molar-refractivity contribution is 5.82. The SMILES string of the molecule is CCOC(=O)C(C)OC(=O)C(C)c1cccc(N)c1. The van der Waals surface area contributed by atoms with E-state index >= 15 is 0 Å². The normalized spacial score (nSPS) is 13.4. The molecule has 1 aromatic rings. The third kappa shape index (κ3) is 4.28. The van der Waals surface area contributed by atoms with E-state index in [9.17, 15) is 9.59 Å². The molecule has 0 aliphatic rings. The Bertz CT molecular complexity index is 459. The molecule has 1 rings (SSSR count). The van der Waals surface area contributed by atoms with Crippen LogP contribution in [0.1, 0.15) is 32.3 Å². The van der Waals surface area contributed by atoms with Gasteiger partial charge in [0.25, 0.3) is 0 Å². The summed E-state index contributed by atoms with van der Waals surface area (Å²) in [6.07, 6.45) is -0.907. The molecule has 0 bridgehead atoms. The Morgan fingerprint density at radius 2 is 1.95 bits per heavy atom. The predicted molar refractivity (Wildman–Crippen MR) is 71.5 cm³/mol. The minimum Gasteiger partial charge on any atom is -0.463 e. The molecule has 2 N–H and O–H groups in total. The molecule has 5 heteroatoms. The molecule has 0 saturated carbocycles. The van der Waals surface area contributed by atoms with Gasteiger partial charge in [0.1, 0.15) is 0 Å². The van der Waals surface area contributed by atoms with E-state index in [-0.39, 0.29) is 6.61 Å². The van der Waals surface area contributed by atoms with Gasteiger partial charge in [-0.05, 0) is 38.5 Å². The number of rotatable bonds is 5. The number of carbonyl (C=O) groups excluding carboxylic acids is 2. The van der Waals surface area contributed by atoms with Crippen molar-refractivity contribution in [1.29, 1.82) is 0 Å². The third-order valence-electron chi connectivity index (χ3n) is 2.68. The minimum absolute atomic E-state index is 0.255. The van der Waals surface area contributed by atoms with Gasteiger partial charge in [-0.25, -0.2) is 4.79 Å². The Morgan fingerprint density at radius 1 is 1.26 bits per heavy atom. The van der Waals surface area contributed by atoms with Crippen LogP contribution in [-0.4, -0.2) is 24.6 Å². The molecule has 1 aromatic carbocycles. The van der Waals surface area contributed by atoms with E-state index in [2.05, 4.69) is 0 Å². The molecule has 0 heterocycles. The fourth-order valence-electron chi connectivity index (χ4n) is 1.55. The number of carbonyl (C=O) groups is 2. The van der Waals surface area contributed by atoms with Gasteiger partial charge in [-0.2, -0.15) is 0 Å². The highest BCUT2D eigenvalue weighted by Gasteiger charge is 2.23. The van der Waals surface area contributed by atoms with Crippen molar-refractivity contribution in [2.24, 2.45) is 0 Å². The van der Waals surface area contributed by atoms with Crippen LogP contribution in [0.3, 0.4) is 0 Å². The number of benzene rings is 1. The smallest absolute Gasteiger partial charge is 0.347 e. The maximum atomic E-state index is 11.9. The second-order valence-corrected chi connectivity index (χ2v) is 4.22. The van der Waals surface area contributed by atoms with E-state index in [1.807, 2.05) is 0 Å². The van der Waals surface area contributed by atoms with Crippen molar-refractivity contribution in [3.63, 3.8) is 0 Å². The Kier molecular flexibility index (Phi) is 5.36. The van der Waals surface area contributed by atoms with E-state index in [1.54, 1.807) is 38.1 Å². The summed E-state index contributed by atoms with van der Waals surface area (Å²) in [6, 6.07) is 7.00. The van der Waals surface area contributed by atoms with E-state index < -0.39 is 24.0 Å². The molecule has 0 fully saturated rings. The second-order valence-electron chi connectivity index (χ2n) is 4.22. The molecule has 2 unspecified atom stereocenters. The number of hydrogen-bond acceptors (Lipinski definition) is 5. The van der Waals surface area contributed by atoms with Crippen molar-refractivity contribution < 1.29 is 19.1 Å². The van der Waals surface area contributed by atoms with Crippen LogP contribution in [0, 0.1) is 0 Å². The highest BCUT2D eigenvalue weighted by atomic mass is 16.6. The monoisotopic (exact) mass is 265 g/mol. The number of nitrogen functional groups attached to an aromatic ring is 1. The predicted octanol–water partition coefficient (Wildman–Crippen LogP) is 1.87. The van der Waals surface area contributed by atoms with E-state index in [0.717, 1.165) is 5.56 Å². The first-order valence-electron chi connectivity index (χ1n) is 6.18. The van der Waals surface area contributed by atoms with E-state index in [1.165, 1.54) is 6.92 Å². The number of nitrogens with two attached hydrogens (primary N) is 1.